The van der Waals surface area contributed by atoms with Crippen LogP contribution in [0.1, 0.15) is 84.0 Å². The minimum Gasteiger partial charge on any atom is -0.281 e. The van der Waals surface area contributed by atoms with Gasteiger partial charge in [0.15, 0.2) is 0 Å². The Balaban J connectivity index is 2.44. The first-order valence-corrected chi connectivity index (χ1v) is 7.73. The van der Waals surface area contributed by atoms with Crippen molar-refractivity contribution in [1.29, 1.82) is 0 Å². The number of rotatable bonds is 1. The molecule has 1 saturated carbocycles. The Morgan fingerprint density at radius 1 is 0.765 bits per heavy atom. The lowest BCUT2D eigenvalue weighted by molar-refractivity contribution is -0.120. The van der Waals surface area contributed by atoms with E-state index in [1.807, 2.05) is 0 Å². The second-order valence-corrected chi connectivity index (χ2v) is 6.21. The quantitative estimate of drug-likeness (QED) is 0.572. The van der Waals surface area contributed by atoms with Crippen LogP contribution >= 0.6 is 11.6 Å². The molecule has 1 nitrogen and oxygen atoms in total. The summed E-state index contributed by atoms with van der Waals surface area (Å²) in [6.45, 7) is 2.06. The van der Waals surface area contributed by atoms with E-state index in [1.165, 1.54) is 51.4 Å². The van der Waals surface area contributed by atoms with E-state index in [4.69, 9.17) is 11.6 Å². The van der Waals surface area contributed by atoms with Crippen molar-refractivity contribution in [2.45, 2.75) is 84.0 Å². The lowest BCUT2D eigenvalue weighted by atomic mass is 9.81. The zero-order valence-electron chi connectivity index (χ0n) is 11.3. The molecule has 1 fully saturated rings. The average molecular weight is 259 g/mol. The van der Waals surface area contributed by atoms with Crippen LogP contribution in [0.15, 0.2) is 0 Å². The van der Waals surface area contributed by atoms with Gasteiger partial charge in [-0.3, -0.25) is 4.79 Å². The van der Waals surface area contributed by atoms with Crippen molar-refractivity contribution >= 4 is 16.8 Å². The van der Waals surface area contributed by atoms with E-state index in [-0.39, 0.29) is 10.7 Å². The number of carbonyl (C=O) groups excluding carboxylic acids is 1. The molecule has 0 amide bonds. The molecule has 0 bridgehead atoms. The molecular formula is C15H27ClO. The van der Waals surface area contributed by atoms with Crippen molar-refractivity contribution < 1.29 is 4.79 Å². The van der Waals surface area contributed by atoms with Gasteiger partial charge in [-0.1, -0.05) is 71.1 Å². The Morgan fingerprint density at radius 2 is 1.06 bits per heavy atom. The number of hydrogen-bond donors (Lipinski definition) is 0. The summed E-state index contributed by atoms with van der Waals surface area (Å²) in [5.41, 5.74) is -0.254. The van der Waals surface area contributed by atoms with Crippen LogP contribution in [-0.4, -0.2) is 5.24 Å². The maximum Gasteiger partial charge on any atom is 0.227 e. The van der Waals surface area contributed by atoms with Crippen LogP contribution in [0, 0.1) is 5.41 Å². The molecule has 0 aromatic rings. The Labute approximate surface area is 111 Å². The van der Waals surface area contributed by atoms with Crippen LogP contribution in [-0.2, 0) is 4.79 Å². The Morgan fingerprint density at radius 3 is 1.35 bits per heavy atom. The standard InChI is InChI=1S/C15H27ClO/c1-15(14(16)17)12-10-8-6-4-2-3-5-7-9-11-13-15/h2-13H2,1H3. The van der Waals surface area contributed by atoms with E-state index in [2.05, 4.69) is 6.92 Å². The maximum absolute atomic E-state index is 11.6. The Hall–Kier alpha value is -0.0400. The van der Waals surface area contributed by atoms with Crippen LogP contribution in [0.5, 0.6) is 0 Å². The van der Waals surface area contributed by atoms with E-state index >= 15 is 0 Å². The largest absolute Gasteiger partial charge is 0.281 e. The van der Waals surface area contributed by atoms with E-state index in [0.29, 0.717) is 0 Å². The predicted octanol–water partition coefficient (Wildman–Crippen LogP) is 5.45. The smallest absolute Gasteiger partial charge is 0.227 e. The lowest BCUT2D eigenvalue weighted by Gasteiger charge is -2.25. The molecule has 2 heteroatoms. The SMILES string of the molecule is CC1(C(=O)Cl)CCCCCCCCCCCC1. The highest BCUT2D eigenvalue weighted by Gasteiger charge is 2.30. The molecular weight excluding hydrogens is 232 g/mol. The van der Waals surface area contributed by atoms with E-state index in [9.17, 15) is 4.79 Å². The summed E-state index contributed by atoms with van der Waals surface area (Å²) in [5, 5.41) is -0.118. The highest BCUT2D eigenvalue weighted by molar-refractivity contribution is 6.64. The van der Waals surface area contributed by atoms with Crippen molar-refractivity contribution in [3.63, 3.8) is 0 Å². The topological polar surface area (TPSA) is 17.1 Å². The molecule has 0 heterocycles. The van der Waals surface area contributed by atoms with Crippen molar-refractivity contribution in [2.24, 2.45) is 5.41 Å². The van der Waals surface area contributed by atoms with Crippen molar-refractivity contribution in [1.82, 2.24) is 0 Å². The van der Waals surface area contributed by atoms with Crippen LogP contribution in [0.25, 0.3) is 0 Å². The summed E-state index contributed by atoms with van der Waals surface area (Å²) in [7, 11) is 0. The fourth-order valence-corrected chi connectivity index (χ4v) is 2.96. The number of hydrogen-bond acceptors (Lipinski definition) is 1. The van der Waals surface area contributed by atoms with Gasteiger partial charge in [-0.2, -0.15) is 0 Å². The fourth-order valence-electron chi connectivity index (χ4n) is 2.77. The minimum absolute atomic E-state index is 0.118. The van der Waals surface area contributed by atoms with Crippen LogP contribution in [0.4, 0.5) is 0 Å². The van der Waals surface area contributed by atoms with Crippen molar-refractivity contribution in [2.75, 3.05) is 0 Å². The van der Waals surface area contributed by atoms with Gasteiger partial charge in [0.1, 0.15) is 0 Å². The van der Waals surface area contributed by atoms with Gasteiger partial charge < -0.3 is 0 Å². The molecule has 1 aliphatic carbocycles. The van der Waals surface area contributed by atoms with Crippen molar-refractivity contribution in [3.05, 3.63) is 0 Å². The van der Waals surface area contributed by atoms with E-state index in [0.717, 1.165) is 25.7 Å². The summed E-state index contributed by atoms with van der Waals surface area (Å²) in [5.74, 6) is 0. The maximum atomic E-state index is 11.6. The van der Waals surface area contributed by atoms with E-state index in [1.54, 1.807) is 0 Å². The summed E-state index contributed by atoms with van der Waals surface area (Å²) < 4.78 is 0. The number of halogens is 1. The summed E-state index contributed by atoms with van der Waals surface area (Å²) in [6.07, 6.45) is 15.0. The van der Waals surface area contributed by atoms with Gasteiger partial charge in [0.25, 0.3) is 0 Å². The van der Waals surface area contributed by atoms with Crippen LogP contribution < -0.4 is 0 Å². The monoisotopic (exact) mass is 258 g/mol. The third-order valence-corrected chi connectivity index (χ3v) is 4.64. The van der Waals surface area contributed by atoms with Gasteiger partial charge >= 0.3 is 0 Å². The summed E-state index contributed by atoms with van der Waals surface area (Å²) in [4.78, 5) is 11.6. The van der Waals surface area contributed by atoms with Gasteiger partial charge in [0, 0.05) is 5.41 Å². The van der Waals surface area contributed by atoms with Crippen molar-refractivity contribution in [3.8, 4) is 0 Å². The summed E-state index contributed by atoms with van der Waals surface area (Å²) in [6, 6.07) is 0. The average Bonchev–Trinajstić information content (AvgIpc) is 2.31. The molecule has 0 aromatic heterocycles. The molecule has 0 atom stereocenters. The van der Waals surface area contributed by atoms with Gasteiger partial charge in [-0.25, -0.2) is 0 Å². The van der Waals surface area contributed by atoms with Crippen LogP contribution in [0.2, 0.25) is 0 Å². The second-order valence-electron chi connectivity index (χ2n) is 5.87. The molecule has 1 rings (SSSR count). The molecule has 0 unspecified atom stereocenters. The molecule has 0 radical (unpaired) electrons. The highest BCUT2D eigenvalue weighted by atomic mass is 35.5. The van der Waals surface area contributed by atoms with Gasteiger partial charge in [0.2, 0.25) is 5.24 Å². The van der Waals surface area contributed by atoms with Crippen LogP contribution in [0.3, 0.4) is 0 Å². The van der Waals surface area contributed by atoms with Gasteiger partial charge in [0.05, 0.1) is 0 Å². The highest BCUT2D eigenvalue weighted by Crippen LogP contribution is 2.34. The molecule has 100 valence electrons. The third-order valence-electron chi connectivity index (χ3n) is 4.18. The molecule has 17 heavy (non-hydrogen) atoms. The molecule has 0 aromatic carbocycles. The van der Waals surface area contributed by atoms with Gasteiger partial charge in [-0.15, -0.1) is 0 Å². The summed E-state index contributed by atoms with van der Waals surface area (Å²) >= 11 is 5.78. The zero-order valence-corrected chi connectivity index (χ0v) is 12.0. The predicted molar refractivity (Wildman–Crippen MR) is 74.4 cm³/mol. The first-order valence-electron chi connectivity index (χ1n) is 7.35. The first kappa shape index (κ1) is 15.0. The Bertz CT molecular complexity index is 211. The second kappa shape index (κ2) is 8.13. The first-order chi connectivity index (χ1) is 8.15. The molecule has 0 spiro atoms. The molecule has 0 saturated heterocycles. The molecule has 1 aliphatic rings. The normalized spacial score (nSPS) is 24.1. The molecule has 0 aliphatic heterocycles. The number of carbonyl (C=O) groups is 1. The third kappa shape index (κ3) is 5.90. The minimum atomic E-state index is -0.254. The lowest BCUT2D eigenvalue weighted by Crippen LogP contribution is -2.23. The molecule has 0 N–H and O–H groups in total. The van der Waals surface area contributed by atoms with E-state index < -0.39 is 0 Å². The Kier molecular flexibility index (Phi) is 7.18. The van der Waals surface area contributed by atoms with Gasteiger partial charge in [-0.05, 0) is 24.4 Å². The fraction of sp³-hybridized carbons (Fsp3) is 0.933. The zero-order chi connectivity index (χ0) is 12.6.